The standard InChI is InChI=1S/C19H17NO3/c1-13(14-8-9-18-15(11-14)5-4-10-23-18)19(21)20-16-6-3-7-17(12-16)22-2/h3-9,11-12H,1,10H2,2H3,(H,20,21). The van der Waals surface area contributed by atoms with Gasteiger partial charge in [-0.1, -0.05) is 24.8 Å². The van der Waals surface area contributed by atoms with Crippen molar-refractivity contribution >= 4 is 23.2 Å². The summed E-state index contributed by atoms with van der Waals surface area (Å²) >= 11 is 0. The molecule has 4 nitrogen and oxygen atoms in total. The van der Waals surface area contributed by atoms with Gasteiger partial charge in [-0.05, 0) is 35.9 Å². The second-order valence-corrected chi connectivity index (χ2v) is 5.13. The maximum atomic E-state index is 12.4. The van der Waals surface area contributed by atoms with E-state index >= 15 is 0 Å². The Morgan fingerprint density at radius 3 is 2.96 bits per heavy atom. The second kappa shape index (κ2) is 6.40. The van der Waals surface area contributed by atoms with Gasteiger partial charge in [-0.25, -0.2) is 0 Å². The van der Waals surface area contributed by atoms with Crippen molar-refractivity contribution in [3.05, 3.63) is 66.2 Å². The predicted octanol–water partition coefficient (Wildman–Crippen LogP) is 3.75. The monoisotopic (exact) mass is 307 g/mol. The Labute approximate surface area is 135 Å². The van der Waals surface area contributed by atoms with Crippen LogP contribution >= 0.6 is 0 Å². The van der Waals surface area contributed by atoms with Crippen LogP contribution in [0, 0.1) is 0 Å². The molecule has 3 rings (SSSR count). The lowest BCUT2D eigenvalue weighted by Crippen LogP contribution is -2.13. The molecule has 2 aromatic carbocycles. The summed E-state index contributed by atoms with van der Waals surface area (Å²) in [7, 11) is 1.59. The van der Waals surface area contributed by atoms with Crippen LogP contribution in [-0.2, 0) is 4.79 Å². The van der Waals surface area contributed by atoms with Gasteiger partial charge < -0.3 is 14.8 Å². The number of carbonyl (C=O) groups is 1. The molecule has 2 aromatic rings. The number of anilines is 1. The lowest BCUT2D eigenvalue weighted by atomic mass is 10.0. The summed E-state index contributed by atoms with van der Waals surface area (Å²) in [6.07, 6.45) is 3.92. The highest BCUT2D eigenvalue weighted by Gasteiger charge is 2.13. The molecule has 0 fully saturated rings. The first-order chi connectivity index (χ1) is 11.2. The smallest absolute Gasteiger partial charge is 0.255 e. The zero-order valence-electron chi connectivity index (χ0n) is 12.8. The Balaban J connectivity index is 1.77. The number of nitrogens with one attached hydrogen (secondary N) is 1. The summed E-state index contributed by atoms with van der Waals surface area (Å²) in [5.74, 6) is 1.25. The predicted molar refractivity (Wildman–Crippen MR) is 91.6 cm³/mol. The van der Waals surface area contributed by atoms with Crippen molar-refractivity contribution in [2.75, 3.05) is 19.0 Å². The first-order valence-electron chi connectivity index (χ1n) is 7.25. The fraction of sp³-hybridized carbons (Fsp3) is 0.105. The Bertz CT molecular complexity index is 793. The van der Waals surface area contributed by atoms with Crippen LogP contribution in [0.2, 0.25) is 0 Å². The summed E-state index contributed by atoms with van der Waals surface area (Å²) in [6.45, 7) is 4.48. The maximum Gasteiger partial charge on any atom is 0.255 e. The zero-order valence-corrected chi connectivity index (χ0v) is 12.8. The molecular weight excluding hydrogens is 290 g/mol. The van der Waals surface area contributed by atoms with E-state index in [9.17, 15) is 4.79 Å². The highest BCUT2D eigenvalue weighted by Crippen LogP contribution is 2.27. The first kappa shape index (κ1) is 14.9. The van der Waals surface area contributed by atoms with E-state index < -0.39 is 0 Å². The molecule has 0 saturated heterocycles. The van der Waals surface area contributed by atoms with Crippen LogP contribution < -0.4 is 14.8 Å². The van der Waals surface area contributed by atoms with Crippen molar-refractivity contribution in [3.8, 4) is 11.5 Å². The van der Waals surface area contributed by atoms with Crippen LogP contribution in [0.25, 0.3) is 11.6 Å². The SMILES string of the molecule is C=C(C(=O)Nc1cccc(OC)c1)c1ccc2c(c1)C=CCO2. The number of methoxy groups -OCH3 is 1. The van der Waals surface area contributed by atoms with Gasteiger partial charge in [-0.2, -0.15) is 0 Å². The fourth-order valence-corrected chi connectivity index (χ4v) is 2.35. The third-order valence-electron chi connectivity index (χ3n) is 3.59. The van der Waals surface area contributed by atoms with Gasteiger partial charge >= 0.3 is 0 Å². The molecule has 0 bridgehead atoms. The van der Waals surface area contributed by atoms with E-state index in [0.717, 1.165) is 16.9 Å². The minimum Gasteiger partial charge on any atom is -0.497 e. The molecule has 0 saturated carbocycles. The summed E-state index contributed by atoms with van der Waals surface area (Å²) < 4.78 is 10.7. The lowest BCUT2D eigenvalue weighted by molar-refractivity contribution is -0.111. The molecule has 1 amide bonds. The molecule has 0 spiro atoms. The molecule has 1 aliphatic heterocycles. The van der Waals surface area contributed by atoms with Crippen molar-refractivity contribution in [2.45, 2.75) is 0 Å². The Morgan fingerprint density at radius 2 is 2.13 bits per heavy atom. The van der Waals surface area contributed by atoms with Gasteiger partial charge in [-0.15, -0.1) is 0 Å². The highest BCUT2D eigenvalue weighted by atomic mass is 16.5. The molecule has 0 atom stereocenters. The van der Waals surface area contributed by atoms with Crippen LogP contribution in [0.4, 0.5) is 5.69 Å². The van der Waals surface area contributed by atoms with E-state index in [-0.39, 0.29) is 5.91 Å². The topological polar surface area (TPSA) is 47.6 Å². The molecule has 0 radical (unpaired) electrons. The van der Waals surface area contributed by atoms with Gasteiger partial charge in [0.25, 0.3) is 5.91 Å². The number of hydrogen-bond acceptors (Lipinski definition) is 3. The molecule has 0 aromatic heterocycles. The van der Waals surface area contributed by atoms with E-state index in [4.69, 9.17) is 9.47 Å². The number of rotatable bonds is 4. The molecule has 1 N–H and O–H groups in total. The van der Waals surface area contributed by atoms with Crippen LogP contribution in [0.1, 0.15) is 11.1 Å². The molecule has 4 heteroatoms. The van der Waals surface area contributed by atoms with Crippen LogP contribution in [0.3, 0.4) is 0 Å². The van der Waals surface area contributed by atoms with E-state index in [1.165, 1.54) is 0 Å². The molecule has 23 heavy (non-hydrogen) atoms. The number of amides is 1. The van der Waals surface area contributed by atoms with Crippen molar-refractivity contribution in [2.24, 2.45) is 0 Å². The van der Waals surface area contributed by atoms with E-state index in [1.807, 2.05) is 42.5 Å². The maximum absolute atomic E-state index is 12.4. The van der Waals surface area contributed by atoms with Crippen molar-refractivity contribution in [3.63, 3.8) is 0 Å². The third kappa shape index (κ3) is 3.26. The highest BCUT2D eigenvalue weighted by molar-refractivity contribution is 6.24. The van der Waals surface area contributed by atoms with Gasteiger partial charge in [0, 0.05) is 22.9 Å². The van der Waals surface area contributed by atoms with Gasteiger partial charge in [0.05, 0.1) is 7.11 Å². The average molecular weight is 307 g/mol. The molecular formula is C19H17NO3. The quantitative estimate of drug-likeness (QED) is 0.875. The molecule has 1 heterocycles. The lowest BCUT2D eigenvalue weighted by Gasteiger charge is -2.14. The number of benzene rings is 2. The largest absolute Gasteiger partial charge is 0.497 e. The van der Waals surface area contributed by atoms with Gasteiger partial charge in [0.15, 0.2) is 0 Å². The Hall–Kier alpha value is -3.01. The van der Waals surface area contributed by atoms with Crippen LogP contribution in [0.5, 0.6) is 11.5 Å². The van der Waals surface area contributed by atoms with E-state index in [0.29, 0.717) is 23.6 Å². The fourth-order valence-electron chi connectivity index (χ4n) is 2.35. The van der Waals surface area contributed by atoms with Crippen molar-refractivity contribution in [1.82, 2.24) is 0 Å². The number of ether oxygens (including phenoxy) is 2. The first-order valence-corrected chi connectivity index (χ1v) is 7.25. The molecule has 1 aliphatic rings. The normalized spacial score (nSPS) is 12.0. The molecule has 0 aliphatic carbocycles. The van der Waals surface area contributed by atoms with E-state index in [1.54, 1.807) is 19.2 Å². The van der Waals surface area contributed by atoms with Crippen LogP contribution in [0.15, 0.2) is 55.1 Å². The second-order valence-electron chi connectivity index (χ2n) is 5.13. The number of carbonyl (C=O) groups excluding carboxylic acids is 1. The van der Waals surface area contributed by atoms with E-state index in [2.05, 4.69) is 11.9 Å². The van der Waals surface area contributed by atoms with Crippen LogP contribution in [-0.4, -0.2) is 19.6 Å². The Kier molecular flexibility index (Phi) is 4.15. The van der Waals surface area contributed by atoms with Gasteiger partial charge in [0.1, 0.15) is 18.1 Å². The summed E-state index contributed by atoms with van der Waals surface area (Å²) in [5.41, 5.74) is 2.77. The minimum absolute atomic E-state index is 0.251. The molecule has 116 valence electrons. The summed E-state index contributed by atoms with van der Waals surface area (Å²) in [4.78, 5) is 12.4. The van der Waals surface area contributed by atoms with Gasteiger partial charge in [0.2, 0.25) is 0 Å². The van der Waals surface area contributed by atoms with Crippen molar-refractivity contribution < 1.29 is 14.3 Å². The minimum atomic E-state index is -0.251. The van der Waals surface area contributed by atoms with Gasteiger partial charge in [-0.3, -0.25) is 4.79 Å². The van der Waals surface area contributed by atoms with Crippen molar-refractivity contribution in [1.29, 1.82) is 0 Å². The number of hydrogen-bond donors (Lipinski definition) is 1. The Morgan fingerprint density at radius 1 is 1.26 bits per heavy atom. The summed E-state index contributed by atoms with van der Waals surface area (Å²) in [6, 6.07) is 12.8. The molecule has 0 unspecified atom stereocenters. The number of fused-ring (bicyclic) bond motifs is 1. The average Bonchev–Trinajstić information content (AvgIpc) is 2.60. The summed E-state index contributed by atoms with van der Waals surface area (Å²) in [5, 5.41) is 2.83. The third-order valence-corrected chi connectivity index (χ3v) is 3.59. The zero-order chi connectivity index (χ0) is 16.2.